The van der Waals surface area contributed by atoms with Crippen LogP contribution in [-0.2, 0) is 9.53 Å². The molecule has 0 aromatic heterocycles. The molecule has 0 aliphatic heterocycles. The van der Waals surface area contributed by atoms with Crippen LogP contribution in [0.5, 0.6) is 0 Å². The fourth-order valence-electron chi connectivity index (χ4n) is 2.74. The van der Waals surface area contributed by atoms with Gasteiger partial charge in [-0.1, -0.05) is 11.6 Å². The summed E-state index contributed by atoms with van der Waals surface area (Å²) in [5, 5.41) is 0. The Kier molecular flexibility index (Phi) is 1.76. The molecule has 3 unspecified atom stereocenters. The van der Waals surface area contributed by atoms with Gasteiger partial charge in [-0.25, -0.2) is 0 Å². The summed E-state index contributed by atoms with van der Waals surface area (Å²) in [5.74, 6) is 1.07. The van der Waals surface area contributed by atoms with Gasteiger partial charge in [0.15, 0.2) is 0 Å². The van der Waals surface area contributed by atoms with Gasteiger partial charge in [0.05, 0.1) is 12.5 Å². The standard InChI is InChI=1S/C11H16O2/c1-7-4-5-8-9(6-7)11(8,2)10(12)13-3/h4,8-9H,5-6H2,1-3H3. The monoisotopic (exact) mass is 180 g/mol. The Balaban J connectivity index is 2.13. The van der Waals surface area contributed by atoms with E-state index in [-0.39, 0.29) is 11.4 Å². The zero-order chi connectivity index (χ0) is 9.64. The highest BCUT2D eigenvalue weighted by molar-refractivity contribution is 5.81. The van der Waals surface area contributed by atoms with Crippen LogP contribution in [0.1, 0.15) is 26.7 Å². The molecule has 1 fully saturated rings. The summed E-state index contributed by atoms with van der Waals surface area (Å²) in [7, 11) is 1.48. The first-order valence-electron chi connectivity index (χ1n) is 4.84. The highest BCUT2D eigenvalue weighted by Gasteiger charge is 2.66. The van der Waals surface area contributed by atoms with E-state index in [1.807, 2.05) is 6.92 Å². The van der Waals surface area contributed by atoms with Crippen molar-refractivity contribution >= 4 is 5.97 Å². The van der Waals surface area contributed by atoms with Gasteiger partial charge >= 0.3 is 5.97 Å². The Morgan fingerprint density at radius 1 is 1.62 bits per heavy atom. The summed E-state index contributed by atoms with van der Waals surface area (Å²) in [4.78, 5) is 11.5. The molecule has 1 saturated carbocycles. The number of carbonyl (C=O) groups excluding carboxylic acids is 1. The molecule has 0 aromatic carbocycles. The Morgan fingerprint density at radius 3 is 2.85 bits per heavy atom. The molecule has 0 heterocycles. The fourth-order valence-corrected chi connectivity index (χ4v) is 2.74. The Bertz CT molecular complexity index is 280. The van der Waals surface area contributed by atoms with Crippen LogP contribution in [0.3, 0.4) is 0 Å². The normalized spacial score (nSPS) is 41.9. The average Bonchev–Trinajstić information content (AvgIpc) is 2.72. The van der Waals surface area contributed by atoms with Gasteiger partial charge in [0.25, 0.3) is 0 Å². The number of carbonyl (C=O) groups is 1. The van der Waals surface area contributed by atoms with Gasteiger partial charge in [0.1, 0.15) is 0 Å². The number of hydrogen-bond donors (Lipinski definition) is 0. The molecular weight excluding hydrogens is 164 g/mol. The second-order valence-corrected chi connectivity index (χ2v) is 4.48. The first-order chi connectivity index (χ1) is 6.10. The van der Waals surface area contributed by atoms with E-state index in [1.165, 1.54) is 12.7 Å². The van der Waals surface area contributed by atoms with E-state index in [1.54, 1.807) is 0 Å². The second kappa shape index (κ2) is 2.60. The van der Waals surface area contributed by atoms with Crippen LogP contribution in [-0.4, -0.2) is 13.1 Å². The molecule has 2 nitrogen and oxygen atoms in total. The molecule has 0 aromatic rings. The van der Waals surface area contributed by atoms with Crippen molar-refractivity contribution in [1.29, 1.82) is 0 Å². The third kappa shape index (κ3) is 1.04. The summed E-state index contributed by atoms with van der Waals surface area (Å²) in [5.41, 5.74) is 1.25. The third-order valence-corrected chi connectivity index (χ3v) is 3.80. The van der Waals surface area contributed by atoms with E-state index >= 15 is 0 Å². The van der Waals surface area contributed by atoms with E-state index in [4.69, 9.17) is 4.74 Å². The molecule has 2 aliphatic carbocycles. The minimum absolute atomic E-state index is 0.0226. The first kappa shape index (κ1) is 8.79. The largest absolute Gasteiger partial charge is 0.469 e. The fraction of sp³-hybridized carbons (Fsp3) is 0.727. The van der Waals surface area contributed by atoms with Gasteiger partial charge in [-0.3, -0.25) is 4.79 Å². The topological polar surface area (TPSA) is 26.3 Å². The van der Waals surface area contributed by atoms with Crippen molar-refractivity contribution in [2.24, 2.45) is 17.3 Å². The Morgan fingerprint density at radius 2 is 2.31 bits per heavy atom. The van der Waals surface area contributed by atoms with Crippen molar-refractivity contribution in [3.8, 4) is 0 Å². The number of rotatable bonds is 1. The molecule has 2 aliphatic rings. The number of allylic oxidation sites excluding steroid dienone is 2. The van der Waals surface area contributed by atoms with Crippen molar-refractivity contribution in [2.75, 3.05) is 7.11 Å². The van der Waals surface area contributed by atoms with Crippen molar-refractivity contribution in [3.63, 3.8) is 0 Å². The van der Waals surface area contributed by atoms with Gasteiger partial charge in [-0.2, -0.15) is 0 Å². The molecule has 0 amide bonds. The van der Waals surface area contributed by atoms with Crippen LogP contribution >= 0.6 is 0 Å². The highest BCUT2D eigenvalue weighted by Crippen LogP contribution is 2.65. The minimum Gasteiger partial charge on any atom is -0.469 e. The van der Waals surface area contributed by atoms with E-state index in [9.17, 15) is 4.79 Å². The molecule has 0 saturated heterocycles. The third-order valence-electron chi connectivity index (χ3n) is 3.80. The van der Waals surface area contributed by atoms with Crippen molar-refractivity contribution < 1.29 is 9.53 Å². The van der Waals surface area contributed by atoms with Gasteiger partial charge in [-0.05, 0) is 38.5 Å². The summed E-state index contributed by atoms with van der Waals surface area (Å²) < 4.78 is 4.84. The minimum atomic E-state index is -0.178. The van der Waals surface area contributed by atoms with Crippen LogP contribution in [0.4, 0.5) is 0 Å². The first-order valence-corrected chi connectivity index (χ1v) is 4.84. The summed E-state index contributed by atoms with van der Waals surface area (Å²) in [6, 6.07) is 0. The molecule has 0 spiro atoms. The van der Waals surface area contributed by atoms with Gasteiger partial charge in [-0.15, -0.1) is 0 Å². The number of hydrogen-bond acceptors (Lipinski definition) is 2. The number of esters is 1. The van der Waals surface area contributed by atoms with Crippen molar-refractivity contribution in [3.05, 3.63) is 11.6 Å². The van der Waals surface area contributed by atoms with Crippen LogP contribution in [0.25, 0.3) is 0 Å². The Hall–Kier alpha value is -0.790. The van der Waals surface area contributed by atoms with Gasteiger partial charge in [0.2, 0.25) is 0 Å². The van der Waals surface area contributed by atoms with Crippen LogP contribution < -0.4 is 0 Å². The summed E-state index contributed by atoms with van der Waals surface area (Å²) >= 11 is 0. The Labute approximate surface area is 79.0 Å². The molecule has 3 atom stereocenters. The molecular formula is C11H16O2. The van der Waals surface area contributed by atoms with E-state index in [0.717, 1.165) is 12.8 Å². The number of ether oxygens (including phenoxy) is 1. The SMILES string of the molecule is COC(=O)C1(C)C2CC=C(C)CC21. The van der Waals surface area contributed by atoms with Gasteiger partial charge in [0, 0.05) is 0 Å². The van der Waals surface area contributed by atoms with Crippen LogP contribution in [0.2, 0.25) is 0 Å². The predicted octanol–water partition coefficient (Wildman–Crippen LogP) is 2.15. The molecule has 13 heavy (non-hydrogen) atoms. The summed E-state index contributed by atoms with van der Waals surface area (Å²) in [6.07, 6.45) is 4.40. The lowest BCUT2D eigenvalue weighted by atomic mass is 10.0. The molecule has 0 N–H and O–H groups in total. The van der Waals surface area contributed by atoms with E-state index in [0.29, 0.717) is 11.8 Å². The second-order valence-electron chi connectivity index (χ2n) is 4.48. The summed E-state index contributed by atoms with van der Waals surface area (Å²) in [6.45, 7) is 4.19. The maximum Gasteiger partial charge on any atom is 0.312 e. The maximum absolute atomic E-state index is 11.5. The lowest BCUT2D eigenvalue weighted by Gasteiger charge is -2.07. The van der Waals surface area contributed by atoms with Crippen molar-refractivity contribution in [1.82, 2.24) is 0 Å². The average molecular weight is 180 g/mol. The number of fused-ring (bicyclic) bond motifs is 1. The molecule has 72 valence electrons. The van der Waals surface area contributed by atoms with Gasteiger partial charge < -0.3 is 4.74 Å². The highest BCUT2D eigenvalue weighted by atomic mass is 16.5. The molecule has 2 heteroatoms. The molecule has 2 rings (SSSR count). The molecule has 0 radical (unpaired) electrons. The zero-order valence-corrected chi connectivity index (χ0v) is 8.46. The smallest absolute Gasteiger partial charge is 0.312 e. The lowest BCUT2D eigenvalue weighted by molar-refractivity contribution is -0.147. The van der Waals surface area contributed by atoms with E-state index in [2.05, 4.69) is 13.0 Å². The predicted molar refractivity (Wildman–Crippen MR) is 50.1 cm³/mol. The lowest BCUT2D eigenvalue weighted by Crippen LogP contribution is -2.17. The van der Waals surface area contributed by atoms with Crippen LogP contribution in [0, 0.1) is 17.3 Å². The van der Waals surface area contributed by atoms with Crippen LogP contribution in [0.15, 0.2) is 11.6 Å². The molecule has 0 bridgehead atoms. The number of methoxy groups -OCH3 is 1. The zero-order valence-electron chi connectivity index (χ0n) is 8.46. The quantitative estimate of drug-likeness (QED) is 0.456. The maximum atomic E-state index is 11.5. The van der Waals surface area contributed by atoms with Crippen molar-refractivity contribution in [2.45, 2.75) is 26.7 Å². The van der Waals surface area contributed by atoms with E-state index < -0.39 is 0 Å².